The Balaban J connectivity index is 1.19. The predicted molar refractivity (Wildman–Crippen MR) is 226 cm³/mol. The van der Waals surface area contributed by atoms with Crippen LogP contribution in [0.4, 0.5) is 17.1 Å². The van der Waals surface area contributed by atoms with Gasteiger partial charge in [0.15, 0.2) is 0 Å². The van der Waals surface area contributed by atoms with Gasteiger partial charge in [0.25, 0.3) is 0 Å². The average Bonchev–Trinajstić information content (AvgIpc) is 3.38. The van der Waals surface area contributed by atoms with Gasteiger partial charge in [0.1, 0.15) is 11.5 Å². The van der Waals surface area contributed by atoms with Gasteiger partial charge in [-0.15, -0.1) is 0 Å². The van der Waals surface area contributed by atoms with Crippen LogP contribution in [0.5, 0.6) is 11.5 Å². The van der Waals surface area contributed by atoms with Crippen molar-refractivity contribution in [2.45, 2.75) is 0 Å². The number of fused-ring (bicyclic) bond motifs is 6. The van der Waals surface area contributed by atoms with Crippen LogP contribution in [0.25, 0.3) is 66.4 Å². The Kier molecular flexibility index (Phi) is 7.85. The lowest BCUT2D eigenvalue weighted by atomic mass is 9.87. The number of benzene rings is 9. The molecule has 9 aromatic carbocycles. The standard InChI is InChI=1S/C52H35NO/c1-4-15-36(16-5-1)37-27-29-42(30-28-37)53(49-25-13-12-23-44(49)38-17-6-2-7-18-38)43-31-32-46-47-33-40-21-10-11-22-41(40)34-48(47)52-45(39-19-8-3-9-20-39)24-14-26-50(52)54-51(46)35-43/h1-35H. The van der Waals surface area contributed by atoms with Gasteiger partial charge in [0, 0.05) is 34.1 Å². The molecule has 1 heterocycles. The van der Waals surface area contributed by atoms with Crippen molar-refractivity contribution in [3.8, 4) is 67.1 Å². The Morgan fingerprint density at radius 3 is 1.54 bits per heavy atom. The van der Waals surface area contributed by atoms with E-state index >= 15 is 0 Å². The summed E-state index contributed by atoms with van der Waals surface area (Å²) in [5, 5.41) is 2.40. The van der Waals surface area contributed by atoms with Crippen molar-refractivity contribution in [1.82, 2.24) is 0 Å². The summed E-state index contributed by atoms with van der Waals surface area (Å²) < 4.78 is 7.10. The summed E-state index contributed by atoms with van der Waals surface area (Å²) in [6.07, 6.45) is 0. The highest BCUT2D eigenvalue weighted by molar-refractivity contribution is 6.04. The van der Waals surface area contributed by atoms with E-state index in [4.69, 9.17) is 4.74 Å². The Morgan fingerprint density at radius 2 is 0.833 bits per heavy atom. The van der Waals surface area contributed by atoms with Crippen molar-refractivity contribution in [2.75, 3.05) is 4.90 Å². The van der Waals surface area contributed by atoms with E-state index < -0.39 is 0 Å². The highest BCUT2D eigenvalue weighted by atomic mass is 16.5. The molecule has 2 nitrogen and oxygen atoms in total. The first kappa shape index (κ1) is 31.6. The van der Waals surface area contributed by atoms with Crippen LogP contribution in [0.1, 0.15) is 0 Å². The summed E-state index contributed by atoms with van der Waals surface area (Å²) in [5.41, 5.74) is 14.6. The normalized spacial score (nSPS) is 11.5. The van der Waals surface area contributed by atoms with Crippen LogP contribution in [-0.2, 0) is 0 Å². The van der Waals surface area contributed by atoms with Crippen molar-refractivity contribution in [2.24, 2.45) is 0 Å². The van der Waals surface area contributed by atoms with Gasteiger partial charge >= 0.3 is 0 Å². The summed E-state index contributed by atoms with van der Waals surface area (Å²) in [6.45, 7) is 0. The summed E-state index contributed by atoms with van der Waals surface area (Å²) >= 11 is 0. The van der Waals surface area contributed by atoms with Crippen molar-refractivity contribution >= 4 is 27.8 Å². The van der Waals surface area contributed by atoms with Gasteiger partial charge in [-0.25, -0.2) is 0 Å². The molecule has 0 aliphatic carbocycles. The molecule has 0 atom stereocenters. The van der Waals surface area contributed by atoms with E-state index in [-0.39, 0.29) is 0 Å². The molecule has 0 radical (unpaired) electrons. The largest absolute Gasteiger partial charge is 0.456 e. The Labute approximate surface area is 315 Å². The van der Waals surface area contributed by atoms with E-state index in [9.17, 15) is 0 Å². The molecule has 0 aromatic heterocycles. The van der Waals surface area contributed by atoms with Gasteiger partial charge in [-0.05, 0) is 98.2 Å². The Morgan fingerprint density at radius 1 is 0.296 bits per heavy atom. The van der Waals surface area contributed by atoms with E-state index in [0.29, 0.717) is 0 Å². The minimum atomic E-state index is 0.816. The van der Waals surface area contributed by atoms with Gasteiger partial charge in [-0.1, -0.05) is 158 Å². The van der Waals surface area contributed by atoms with E-state index in [0.717, 1.165) is 73.1 Å². The zero-order chi connectivity index (χ0) is 35.8. The van der Waals surface area contributed by atoms with Crippen molar-refractivity contribution in [3.05, 3.63) is 212 Å². The van der Waals surface area contributed by atoms with Crippen LogP contribution in [-0.4, -0.2) is 0 Å². The molecule has 0 N–H and O–H groups in total. The molecule has 254 valence electrons. The molecule has 1 aliphatic rings. The third kappa shape index (κ3) is 5.62. The van der Waals surface area contributed by atoms with E-state index in [1.165, 1.54) is 21.9 Å². The molecule has 9 aromatic rings. The number of hydrogen-bond donors (Lipinski definition) is 0. The monoisotopic (exact) mass is 689 g/mol. The summed E-state index contributed by atoms with van der Waals surface area (Å²) in [7, 11) is 0. The SMILES string of the molecule is c1ccc(-c2ccc(N(c3ccc4c(c3)Oc3cccc(-c5ccccc5)c3-c3cc5ccccc5cc3-4)c3ccccc3-c3ccccc3)cc2)cc1. The predicted octanol–water partition coefficient (Wildman–Crippen LogP) is 14.8. The van der Waals surface area contributed by atoms with Gasteiger partial charge in [0.05, 0.1) is 5.69 Å². The van der Waals surface area contributed by atoms with Crippen LogP contribution in [0.3, 0.4) is 0 Å². The molecule has 0 amide bonds. The zero-order valence-electron chi connectivity index (χ0n) is 29.6. The van der Waals surface area contributed by atoms with E-state index in [2.05, 4.69) is 217 Å². The summed E-state index contributed by atoms with van der Waals surface area (Å²) in [6, 6.07) is 75.7. The molecular weight excluding hydrogens is 655 g/mol. The first-order valence-electron chi connectivity index (χ1n) is 18.4. The third-order valence-corrected chi connectivity index (χ3v) is 10.5. The smallest absolute Gasteiger partial charge is 0.137 e. The minimum Gasteiger partial charge on any atom is -0.456 e. The molecule has 10 rings (SSSR count). The molecule has 0 saturated carbocycles. The number of ether oxygens (including phenoxy) is 1. The van der Waals surface area contributed by atoms with E-state index in [1.807, 2.05) is 0 Å². The maximum absolute atomic E-state index is 7.10. The molecule has 54 heavy (non-hydrogen) atoms. The van der Waals surface area contributed by atoms with Gasteiger partial charge in [0.2, 0.25) is 0 Å². The molecule has 0 fully saturated rings. The van der Waals surface area contributed by atoms with Crippen LogP contribution in [0.15, 0.2) is 212 Å². The number of anilines is 3. The Bertz CT molecular complexity index is 2770. The van der Waals surface area contributed by atoms with E-state index in [1.54, 1.807) is 0 Å². The van der Waals surface area contributed by atoms with Gasteiger partial charge in [-0.3, -0.25) is 0 Å². The molecule has 0 bridgehead atoms. The second-order valence-electron chi connectivity index (χ2n) is 13.7. The summed E-state index contributed by atoms with van der Waals surface area (Å²) in [5.74, 6) is 1.66. The maximum Gasteiger partial charge on any atom is 0.137 e. The molecule has 0 unspecified atom stereocenters. The minimum absolute atomic E-state index is 0.816. The van der Waals surface area contributed by atoms with Crippen molar-refractivity contribution < 1.29 is 4.74 Å². The topological polar surface area (TPSA) is 12.5 Å². The fraction of sp³-hybridized carbons (Fsp3) is 0. The third-order valence-electron chi connectivity index (χ3n) is 10.5. The maximum atomic E-state index is 7.10. The molecule has 1 aliphatic heterocycles. The lowest BCUT2D eigenvalue weighted by molar-refractivity contribution is 0.488. The first-order chi connectivity index (χ1) is 26.8. The van der Waals surface area contributed by atoms with Crippen LogP contribution in [0.2, 0.25) is 0 Å². The van der Waals surface area contributed by atoms with Gasteiger partial charge < -0.3 is 9.64 Å². The van der Waals surface area contributed by atoms with Gasteiger partial charge in [-0.2, -0.15) is 0 Å². The molecule has 0 spiro atoms. The molecular formula is C52H35NO. The lowest BCUT2D eigenvalue weighted by Crippen LogP contribution is -2.11. The molecule has 2 heteroatoms. The molecule has 0 saturated heterocycles. The Hall–Kier alpha value is -7.16. The first-order valence-corrected chi connectivity index (χ1v) is 18.4. The highest BCUT2D eigenvalue weighted by Gasteiger charge is 2.26. The van der Waals surface area contributed by atoms with Crippen molar-refractivity contribution in [1.29, 1.82) is 0 Å². The second kappa shape index (κ2) is 13.4. The number of nitrogens with zero attached hydrogens (tertiary/aromatic N) is 1. The van der Waals surface area contributed by atoms with Crippen LogP contribution in [0, 0.1) is 0 Å². The van der Waals surface area contributed by atoms with Crippen molar-refractivity contribution in [3.63, 3.8) is 0 Å². The lowest BCUT2D eigenvalue weighted by Gasteiger charge is -2.29. The number of hydrogen-bond acceptors (Lipinski definition) is 2. The fourth-order valence-electron chi connectivity index (χ4n) is 7.89. The highest BCUT2D eigenvalue weighted by Crippen LogP contribution is 2.53. The zero-order valence-corrected chi connectivity index (χ0v) is 29.6. The van der Waals surface area contributed by atoms with Crippen LogP contribution >= 0.6 is 0 Å². The number of para-hydroxylation sites is 1. The fourth-order valence-corrected chi connectivity index (χ4v) is 7.89. The van der Waals surface area contributed by atoms with Crippen LogP contribution < -0.4 is 9.64 Å². The average molecular weight is 690 g/mol. The second-order valence-corrected chi connectivity index (χ2v) is 13.7. The number of rotatable bonds is 6. The quantitative estimate of drug-likeness (QED) is 0.172. The summed E-state index contributed by atoms with van der Waals surface area (Å²) in [4.78, 5) is 2.36.